The fourth-order valence-corrected chi connectivity index (χ4v) is 3.22. The summed E-state index contributed by atoms with van der Waals surface area (Å²) in [5, 5.41) is 14.5. The molecule has 2 aromatic carbocycles. The van der Waals surface area contributed by atoms with Gasteiger partial charge in [-0.15, -0.1) is 0 Å². The largest absolute Gasteiger partial charge is 0.493 e. The molecule has 13 nitrogen and oxygen atoms in total. The van der Waals surface area contributed by atoms with Gasteiger partial charge in [0.25, 0.3) is 11.6 Å². The topological polar surface area (TPSA) is 175 Å². The molecule has 13 heteroatoms. The molecule has 0 aliphatic carbocycles. The molecule has 0 aliphatic heterocycles. The molecule has 1 aromatic heterocycles. The Bertz CT molecular complexity index is 1400. The molecule has 3 rings (SSSR count). The number of aryl methyl sites for hydroxylation is 1. The Hall–Kier alpha value is -5.07. The number of non-ortho nitro benzene ring substituents is 1. The summed E-state index contributed by atoms with van der Waals surface area (Å²) in [4.78, 5) is 53.2. The van der Waals surface area contributed by atoms with Gasteiger partial charge in [0.05, 0.1) is 30.5 Å². The lowest BCUT2D eigenvalue weighted by atomic mass is 10.0. The number of nitro benzene ring substituents is 1. The maximum absolute atomic E-state index is 12.5. The van der Waals surface area contributed by atoms with Crippen molar-refractivity contribution in [1.29, 1.82) is 0 Å². The monoisotopic (exact) mass is 509 g/mol. The number of aromatic nitrogens is 2. The second-order valence-electron chi connectivity index (χ2n) is 7.41. The number of ether oxygens (including phenoxy) is 3. The molecule has 0 atom stereocenters. The van der Waals surface area contributed by atoms with Crippen molar-refractivity contribution in [2.45, 2.75) is 13.8 Å². The van der Waals surface area contributed by atoms with Crippen LogP contribution in [0.3, 0.4) is 0 Å². The van der Waals surface area contributed by atoms with Gasteiger partial charge in [-0.05, 0) is 49.7 Å². The standard InChI is InChI=1S/C24H23N5O8/c1-4-36-23(31)21-14(2)26-24(32)27-22(21)16-7-10-18(19(11-16)35-3)37-13-20(30)28-25-12-15-5-8-17(9-6-15)29(33)34/h5-12H,4,13H2,1-3H3,(H,28,30)(H,26,27,32). The van der Waals surface area contributed by atoms with E-state index in [1.54, 1.807) is 19.9 Å². The van der Waals surface area contributed by atoms with Crippen LogP contribution in [0.1, 0.15) is 28.5 Å². The summed E-state index contributed by atoms with van der Waals surface area (Å²) < 4.78 is 16.0. The van der Waals surface area contributed by atoms with Crippen molar-refractivity contribution in [2.24, 2.45) is 5.10 Å². The summed E-state index contributed by atoms with van der Waals surface area (Å²) in [5.74, 6) is -0.751. The van der Waals surface area contributed by atoms with E-state index in [0.29, 0.717) is 16.8 Å². The molecule has 0 fully saturated rings. The highest BCUT2D eigenvalue weighted by Gasteiger charge is 2.21. The van der Waals surface area contributed by atoms with Gasteiger partial charge in [0, 0.05) is 23.4 Å². The Morgan fingerprint density at radius 1 is 1.19 bits per heavy atom. The number of amides is 1. The number of aromatic amines is 1. The number of nitro groups is 1. The zero-order chi connectivity index (χ0) is 26.9. The van der Waals surface area contributed by atoms with Crippen LogP contribution in [0.25, 0.3) is 11.3 Å². The number of hydrazone groups is 1. The van der Waals surface area contributed by atoms with Crippen LogP contribution in [0.15, 0.2) is 52.4 Å². The first-order chi connectivity index (χ1) is 17.7. The molecule has 0 aliphatic rings. The van der Waals surface area contributed by atoms with E-state index in [1.165, 1.54) is 49.7 Å². The number of esters is 1. The van der Waals surface area contributed by atoms with Gasteiger partial charge in [0.15, 0.2) is 18.1 Å². The van der Waals surface area contributed by atoms with Crippen molar-refractivity contribution >= 4 is 23.8 Å². The molecular weight excluding hydrogens is 486 g/mol. The van der Waals surface area contributed by atoms with Crippen molar-refractivity contribution < 1.29 is 28.7 Å². The van der Waals surface area contributed by atoms with Crippen LogP contribution in [-0.2, 0) is 9.53 Å². The fourth-order valence-electron chi connectivity index (χ4n) is 3.22. The average Bonchev–Trinajstić information content (AvgIpc) is 2.87. The molecular formula is C24H23N5O8. The number of H-pyrrole nitrogens is 1. The average molecular weight is 509 g/mol. The third-order valence-corrected chi connectivity index (χ3v) is 4.90. The number of methoxy groups -OCH3 is 1. The number of carbonyl (C=O) groups is 2. The molecule has 2 N–H and O–H groups in total. The number of hydrogen-bond donors (Lipinski definition) is 2. The summed E-state index contributed by atoms with van der Waals surface area (Å²) in [6.07, 6.45) is 1.33. The van der Waals surface area contributed by atoms with Crippen molar-refractivity contribution in [3.63, 3.8) is 0 Å². The van der Waals surface area contributed by atoms with Crippen LogP contribution in [0.4, 0.5) is 5.69 Å². The predicted octanol–water partition coefficient (Wildman–Crippen LogP) is 2.37. The molecule has 1 heterocycles. The molecule has 0 unspecified atom stereocenters. The van der Waals surface area contributed by atoms with Gasteiger partial charge in [-0.25, -0.2) is 15.0 Å². The van der Waals surface area contributed by atoms with E-state index in [2.05, 4.69) is 20.5 Å². The van der Waals surface area contributed by atoms with E-state index >= 15 is 0 Å². The molecule has 0 saturated heterocycles. The summed E-state index contributed by atoms with van der Waals surface area (Å²) >= 11 is 0. The second kappa shape index (κ2) is 12.1. The van der Waals surface area contributed by atoms with Crippen LogP contribution >= 0.6 is 0 Å². The van der Waals surface area contributed by atoms with E-state index in [9.17, 15) is 24.5 Å². The van der Waals surface area contributed by atoms with Crippen molar-refractivity contribution in [3.05, 3.63) is 79.9 Å². The van der Waals surface area contributed by atoms with Crippen LogP contribution < -0.4 is 20.6 Å². The fraction of sp³-hybridized carbons (Fsp3) is 0.208. The molecule has 1 amide bonds. The normalized spacial score (nSPS) is 10.7. The highest BCUT2D eigenvalue weighted by molar-refractivity contribution is 5.97. The highest BCUT2D eigenvalue weighted by atomic mass is 16.6. The van der Waals surface area contributed by atoms with Gasteiger partial charge in [-0.1, -0.05) is 0 Å². The Balaban J connectivity index is 1.71. The van der Waals surface area contributed by atoms with Crippen LogP contribution in [0.5, 0.6) is 11.5 Å². The zero-order valence-corrected chi connectivity index (χ0v) is 20.1. The Kier molecular flexibility index (Phi) is 8.65. The Morgan fingerprint density at radius 2 is 1.92 bits per heavy atom. The number of carbonyl (C=O) groups excluding carboxylic acids is 2. The Labute approximate surface area is 210 Å². The van der Waals surface area contributed by atoms with Crippen molar-refractivity contribution in [2.75, 3.05) is 20.3 Å². The third-order valence-electron chi connectivity index (χ3n) is 4.90. The van der Waals surface area contributed by atoms with Crippen LogP contribution in [0.2, 0.25) is 0 Å². The maximum atomic E-state index is 12.5. The zero-order valence-electron chi connectivity index (χ0n) is 20.1. The highest BCUT2D eigenvalue weighted by Crippen LogP contribution is 2.33. The quantitative estimate of drug-likeness (QED) is 0.180. The number of hydrogen-bond acceptors (Lipinski definition) is 10. The van der Waals surface area contributed by atoms with Gasteiger partial charge in [0.1, 0.15) is 5.56 Å². The first kappa shape index (κ1) is 26.5. The van der Waals surface area contributed by atoms with Gasteiger partial charge >= 0.3 is 11.7 Å². The summed E-state index contributed by atoms with van der Waals surface area (Å²) in [5.41, 5.74) is 3.08. The first-order valence-corrected chi connectivity index (χ1v) is 10.9. The number of benzene rings is 2. The summed E-state index contributed by atoms with van der Waals surface area (Å²) in [7, 11) is 1.39. The molecule has 37 heavy (non-hydrogen) atoms. The summed E-state index contributed by atoms with van der Waals surface area (Å²) in [6.45, 7) is 2.98. The minimum Gasteiger partial charge on any atom is -0.493 e. The van der Waals surface area contributed by atoms with Crippen molar-refractivity contribution in [1.82, 2.24) is 15.4 Å². The SMILES string of the molecule is CCOC(=O)c1c(-c2ccc(OCC(=O)NN=Cc3ccc([N+](=O)[O-])cc3)c(OC)c2)nc(=O)[nH]c1C. The smallest absolute Gasteiger partial charge is 0.345 e. The van der Waals surface area contributed by atoms with Crippen LogP contribution in [0, 0.1) is 17.0 Å². The van der Waals surface area contributed by atoms with Crippen molar-refractivity contribution in [3.8, 4) is 22.8 Å². The second-order valence-corrected chi connectivity index (χ2v) is 7.41. The number of nitrogens with zero attached hydrogens (tertiary/aromatic N) is 3. The van der Waals surface area contributed by atoms with Crippen LogP contribution in [-0.4, -0.2) is 53.3 Å². The molecule has 0 radical (unpaired) electrons. The lowest BCUT2D eigenvalue weighted by Crippen LogP contribution is -2.24. The van der Waals surface area contributed by atoms with Gasteiger partial charge < -0.3 is 19.2 Å². The van der Waals surface area contributed by atoms with E-state index in [1.807, 2.05) is 0 Å². The van der Waals surface area contributed by atoms with Gasteiger partial charge in [-0.2, -0.15) is 10.1 Å². The van der Waals surface area contributed by atoms with E-state index in [0.717, 1.165) is 0 Å². The molecule has 0 saturated carbocycles. The molecule has 192 valence electrons. The minimum absolute atomic E-state index is 0.0587. The minimum atomic E-state index is -0.635. The maximum Gasteiger partial charge on any atom is 0.345 e. The molecule has 0 bridgehead atoms. The number of rotatable bonds is 10. The predicted molar refractivity (Wildman–Crippen MR) is 132 cm³/mol. The third kappa shape index (κ3) is 6.75. The number of nitrogens with one attached hydrogen (secondary N) is 2. The van der Waals surface area contributed by atoms with Gasteiger partial charge in [0.2, 0.25) is 0 Å². The lowest BCUT2D eigenvalue weighted by molar-refractivity contribution is -0.384. The van der Waals surface area contributed by atoms with Gasteiger partial charge in [-0.3, -0.25) is 14.9 Å². The summed E-state index contributed by atoms with van der Waals surface area (Å²) in [6, 6.07) is 10.2. The van der Waals surface area contributed by atoms with E-state index in [4.69, 9.17) is 14.2 Å². The Morgan fingerprint density at radius 3 is 2.57 bits per heavy atom. The molecule has 0 spiro atoms. The molecule has 3 aromatic rings. The van der Waals surface area contributed by atoms with E-state index < -0.39 is 29.1 Å². The lowest BCUT2D eigenvalue weighted by Gasteiger charge is -2.14. The first-order valence-electron chi connectivity index (χ1n) is 10.9. The van der Waals surface area contributed by atoms with E-state index in [-0.39, 0.29) is 35.1 Å².